The summed E-state index contributed by atoms with van der Waals surface area (Å²) in [7, 11) is 1.37. The van der Waals surface area contributed by atoms with Crippen LogP contribution < -0.4 is 0 Å². The molecule has 0 spiro atoms. The first kappa shape index (κ1) is 10.3. The lowest BCUT2D eigenvalue weighted by atomic mass is 9.98. The lowest BCUT2D eigenvalue weighted by Crippen LogP contribution is -2.12. The lowest BCUT2D eigenvalue weighted by molar-refractivity contribution is -0.136. The first-order chi connectivity index (χ1) is 6.13. The van der Waals surface area contributed by atoms with Crippen LogP contribution in [0, 0.1) is 0 Å². The minimum atomic E-state index is -0.313. The van der Waals surface area contributed by atoms with E-state index in [0.717, 1.165) is 19.4 Å². The van der Waals surface area contributed by atoms with Gasteiger partial charge in [0.25, 0.3) is 0 Å². The maximum absolute atomic E-state index is 11.0. The molecule has 1 saturated heterocycles. The third kappa shape index (κ3) is 2.56. The molecule has 1 fully saturated rings. The normalized spacial score (nSPS) is 25.4. The minimum absolute atomic E-state index is 0.0387. The van der Waals surface area contributed by atoms with Crippen molar-refractivity contribution in [2.75, 3.05) is 13.7 Å². The molecule has 74 valence electrons. The molecule has 0 aromatic carbocycles. The molecule has 1 rings (SSSR count). The topological polar surface area (TPSA) is 38.8 Å². The maximum atomic E-state index is 11.0. The first-order valence-electron chi connectivity index (χ1n) is 4.53. The van der Waals surface area contributed by atoms with Crippen molar-refractivity contribution < 1.29 is 14.3 Å². The second-order valence-corrected chi connectivity index (χ2v) is 3.42. The summed E-state index contributed by atoms with van der Waals surface area (Å²) in [5.74, 6) is -0.313. The summed E-state index contributed by atoms with van der Waals surface area (Å²) < 4.78 is 9.87. The Hall–Kier alpha value is -0.830. The Morgan fingerprint density at radius 1 is 1.69 bits per heavy atom. The van der Waals surface area contributed by atoms with E-state index in [-0.39, 0.29) is 11.6 Å². The van der Waals surface area contributed by atoms with Gasteiger partial charge in [0.2, 0.25) is 0 Å². The fourth-order valence-electron chi connectivity index (χ4n) is 1.25. The van der Waals surface area contributed by atoms with E-state index in [1.165, 1.54) is 7.11 Å². The van der Waals surface area contributed by atoms with Gasteiger partial charge in [-0.15, -0.1) is 0 Å². The SMILES string of the molecule is C=C(CCC1(CC)CO1)C(=O)OC. The molecule has 1 heterocycles. The number of carbonyl (C=O) groups excluding carboxylic acids is 1. The van der Waals surface area contributed by atoms with Crippen molar-refractivity contribution in [1.29, 1.82) is 0 Å². The lowest BCUT2D eigenvalue weighted by Gasteiger charge is -2.08. The third-order valence-electron chi connectivity index (χ3n) is 2.55. The van der Waals surface area contributed by atoms with Gasteiger partial charge in [0.05, 0.1) is 19.3 Å². The van der Waals surface area contributed by atoms with Crippen molar-refractivity contribution in [3.8, 4) is 0 Å². The summed E-state index contributed by atoms with van der Waals surface area (Å²) in [6, 6.07) is 0. The fraction of sp³-hybridized carbons (Fsp3) is 0.700. The van der Waals surface area contributed by atoms with E-state index in [4.69, 9.17) is 4.74 Å². The number of ether oxygens (including phenoxy) is 2. The molecule has 0 amide bonds. The molecule has 1 aliphatic heterocycles. The van der Waals surface area contributed by atoms with Crippen LogP contribution in [0.2, 0.25) is 0 Å². The molecule has 13 heavy (non-hydrogen) atoms. The molecule has 0 N–H and O–H groups in total. The zero-order valence-corrected chi connectivity index (χ0v) is 8.26. The van der Waals surface area contributed by atoms with E-state index >= 15 is 0 Å². The fourth-order valence-corrected chi connectivity index (χ4v) is 1.25. The third-order valence-corrected chi connectivity index (χ3v) is 2.55. The highest BCUT2D eigenvalue weighted by Crippen LogP contribution is 2.36. The maximum Gasteiger partial charge on any atom is 0.333 e. The van der Waals surface area contributed by atoms with Crippen molar-refractivity contribution in [2.45, 2.75) is 31.8 Å². The second kappa shape index (κ2) is 3.92. The molecule has 0 saturated carbocycles. The van der Waals surface area contributed by atoms with Crippen LogP contribution in [0.15, 0.2) is 12.2 Å². The molecular weight excluding hydrogens is 168 g/mol. The van der Waals surface area contributed by atoms with Crippen molar-refractivity contribution >= 4 is 5.97 Å². The van der Waals surface area contributed by atoms with Gasteiger partial charge in [-0.25, -0.2) is 4.79 Å². The number of hydrogen-bond acceptors (Lipinski definition) is 3. The summed E-state index contributed by atoms with van der Waals surface area (Å²) in [4.78, 5) is 11.0. The zero-order chi connectivity index (χ0) is 9.90. The molecule has 3 heteroatoms. The van der Waals surface area contributed by atoms with Gasteiger partial charge in [-0.3, -0.25) is 0 Å². The smallest absolute Gasteiger partial charge is 0.333 e. The van der Waals surface area contributed by atoms with Crippen molar-refractivity contribution in [3.63, 3.8) is 0 Å². The highest BCUT2D eigenvalue weighted by molar-refractivity contribution is 5.87. The predicted molar refractivity (Wildman–Crippen MR) is 49.4 cm³/mol. The largest absolute Gasteiger partial charge is 0.466 e. The van der Waals surface area contributed by atoms with E-state index in [2.05, 4.69) is 18.2 Å². The minimum Gasteiger partial charge on any atom is -0.466 e. The Morgan fingerprint density at radius 3 is 2.69 bits per heavy atom. The van der Waals surface area contributed by atoms with Gasteiger partial charge in [0, 0.05) is 5.57 Å². The Kier molecular flexibility index (Phi) is 3.09. The van der Waals surface area contributed by atoms with E-state index in [0.29, 0.717) is 12.0 Å². The number of esters is 1. The molecule has 0 aliphatic carbocycles. The molecule has 0 bridgehead atoms. The Bertz CT molecular complexity index is 216. The first-order valence-corrected chi connectivity index (χ1v) is 4.53. The molecular formula is C10H16O3. The van der Waals surface area contributed by atoms with Crippen molar-refractivity contribution in [3.05, 3.63) is 12.2 Å². The van der Waals surface area contributed by atoms with Crippen LogP contribution in [0.4, 0.5) is 0 Å². The quantitative estimate of drug-likeness (QED) is 0.370. The average Bonchev–Trinajstić information content (AvgIpc) is 2.93. The van der Waals surface area contributed by atoms with Gasteiger partial charge in [-0.05, 0) is 19.3 Å². The highest BCUT2D eigenvalue weighted by atomic mass is 16.6. The zero-order valence-electron chi connectivity index (χ0n) is 8.26. The number of carbonyl (C=O) groups is 1. The number of hydrogen-bond donors (Lipinski definition) is 0. The summed E-state index contributed by atoms with van der Waals surface area (Å²) in [6.45, 7) is 6.57. The molecule has 1 aliphatic rings. The van der Waals surface area contributed by atoms with Crippen LogP contribution in [0.3, 0.4) is 0 Å². The van der Waals surface area contributed by atoms with Crippen LogP contribution in [0.5, 0.6) is 0 Å². The van der Waals surface area contributed by atoms with Gasteiger partial charge in [-0.1, -0.05) is 13.5 Å². The van der Waals surface area contributed by atoms with E-state index in [9.17, 15) is 4.79 Å². The van der Waals surface area contributed by atoms with Crippen LogP contribution >= 0.6 is 0 Å². The van der Waals surface area contributed by atoms with Crippen LogP contribution in [0.1, 0.15) is 26.2 Å². The molecule has 1 atom stereocenters. The van der Waals surface area contributed by atoms with Crippen LogP contribution in [-0.4, -0.2) is 25.3 Å². The Labute approximate surface area is 78.7 Å². The summed E-state index contributed by atoms with van der Waals surface area (Å²) in [5.41, 5.74) is 0.572. The number of rotatable bonds is 5. The van der Waals surface area contributed by atoms with Gasteiger partial charge in [-0.2, -0.15) is 0 Å². The molecule has 0 aromatic heterocycles. The number of methoxy groups -OCH3 is 1. The van der Waals surface area contributed by atoms with Gasteiger partial charge in [0.15, 0.2) is 0 Å². The van der Waals surface area contributed by atoms with Crippen LogP contribution in [0.25, 0.3) is 0 Å². The summed E-state index contributed by atoms with van der Waals surface area (Å²) in [6.07, 6.45) is 2.54. The monoisotopic (exact) mass is 184 g/mol. The standard InChI is InChI=1S/C10H16O3/c1-4-10(7-13-10)6-5-8(2)9(11)12-3/h2,4-7H2,1,3H3. The van der Waals surface area contributed by atoms with E-state index < -0.39 is 0 Å². The van der Waals surface area contributed by atoms with Gasteiger partial charge < -0.3 is 9.47 Å². The molecule has 3 nitrogen and oxygen atoms in total. The average molecular weight is 184 g/mol. The van der Waals surface area contributed by atoms with Gasteiger partial charge in [0.1, 0.15) is 0 Å². The highest BCUT2D eigenvalue weighted by Gasteiger charge is 2.42. The Morgan fingerprint density at radius 2 is 2.31 bits per heavy atom. The summed E-state index contributed by atoms with van der Waals surface area (Å²) in [5, 5.41) is 0. The number of epoxide rings is 1. The van der Waals surface area contributed by atoms with Gasteiger partial charge >= 0.3 is 5.97 Å². The van der Waals surface area contributed by atoms with Crippen molar-refractivity contribution in [1.82, 2.24) is 0 Å². The predicted octanol–water partition coefficient (Wildman–Crippen LogP) is 1.67. The molecule has 1 unspecified atom stereocenters. The molecule has 0 aromatic rings. The summed E-state index contributed by atoms with van der Waals surface area (Å²) >= 11 is 0. The van der Waals surface area contributed by atoms with Crippen LogP contribution in [-0.2, 0) is 14.3 Å². The van der Waals surface area contributed by atoms with Crippen molar-refractivity contribution in [2.24, 2.45) is 0 Å². The van der Waals surface area contributed by atoms with E-state index in [1.54, 1.807) is 0 Å². The Balaban J connectivity index is 2.26. The molecule has 0 radical (unpaired) electrons. The van der Waals surface area contributed by atoms with E-state index in [1.807, 2.05) is 0 Å². The second-order valence-electron chi connectivity index (χ2n) is 3.42.